The van der Waals surface area contributed by atoms with Gasteiger partial charge in [-0.05, 0) is 0 Å². The number of nitrogens with zero attached hydrogens (tertiary/aromatic N) is 2. The Bertz CT molecular complexity index is 1010. The number of hydrogen-bond acceptors (Lipinski definition) is 9. The van der Waals surface area contributed by atoms with E-state index >= 15 is 0 Å². The molecule has 16 heteroatoms. The molecule has 2 aromatic rings. The van der Waals surface area contributed by atoms with E-state index in [1.54, 1.807) is 0 Å². The number of hydrogen-bond donors (Lipinski definition) is 9. The van der Waals surface area contributed by atoms with Crippen LogP contribution in [0.5, 0.6) is 0 Å². The van der Waals surface area contributed by atoms with Crippen LogP contribution in [0, 0.1) is 0 Å². The summed E-state index contributed by atoms with van der Waals surface area (Å²) in [6.45, 7) is -0.878. The molecule has 0 aliphatic carbocycles. The van der Waals surface area contributed by atoms with E-state index in [2.05, 4.69) is 35.9 Å². The highest BCUT2D eigenvalue weighted by molar-refractivity contribution is 5.94. The first-order valence-corrected chi connectivity index (χ1v) is 10.3. The van der Waals surface area contributed by atoms with E-state index < -0.39 is 66.9 Å². The molecule has 10 N–H and O–H groups in total. The molecule has 2 heterocycles. The number of aromatic amines is 2. The van der Waals surface area contributed by atoms with Gasteiger partial charge in [0.05, 0.1) is 31.7 Å². The maximum Gasteiger partial charge on any atom is 0.326 e. The molecule has 0 fully saturated rings. The number of amides is 3. The van der Waals surface area contributed by atoms with Gasteiger partial charge in [-0.15, -0.1) is 0 Å². The Morgan fingerprint density at radius 3 is 1.77 bits per heavy atom. The number of carboxylic acid groups (broad SMARTS) is 2. The maximum absolute atomic E-state index is 12.9. The van der Waals surface area contributed by atoms with E-state index in [4.69, 9.17) is 10.8 Å². The molecule has 4 atom stereocenters. The zero-order chi connectivity index (χ0) is 26.0. The molecule has 4 unspecified atom stereocenters. The lowest BCUT2D eigenvalue weighted by Gasteiger charge is -2.24. The van der Waals surface area contributed by atoms with E-state index in [0.29, 0.717) is 11.4 Å². The lowest BCUT2D eigenvalue weighted by atomic mass is 10.1. The van der Waals surface area contributed by atoms with Gasteiger partial charge in [-0.2, -0.15) is 0 Å². The smallest absolute Gasteiger partial charge is 0.326 e. The lowest BCUT2D eigenvalue weighted by Crippen LogP contribution is -2.58. The van der Waals surface area contributed by atoms with Gasteiger partial charge in [-0.1, -0.05) is 0 Å². The summed E-state index contributed by atoms with van der Waals surface area (Å²) in [5, 5.41) is 34.6. The van der Waals surface area contributed by atoms with E-state index in [0.717, 1.165) is 0 Å². The van der Waals surface area contributed by atoms with Crippen molar-refractivity contribution in [3.63, 3.8) is 0 Å². The highest BCUT2D eigenvalue weighted by Gasteiger charge is 2.31. The number of aliphatic hydroxyl groups is 1. The van der Waals surface area contributed by atoms with Crippen LogP contribution in [0.3, 0.4) is 0 Å². The van der Waals surface area contributed by atoms with Crippen molar-refractivity contribution in [2.24, 2.45) is 5.73 Å². The second-order valence-electron chi connectivity index (χ2n) is 7.47. The van der Waals surface area contributed by atoms with Gasteiger partial charge in [0.2, 0.25) is 17.7 Å². The number of H-pyrrole nitrogens is 2. The minimum atomic E-state index is -1.56. The van der Waals surface area contributed by atoms with Crippen LogP contribution in [0.1, 0.15) is 17.8 Å². The molecular weight excluding hydrogens is 468 g/mol. The molecule has 3 amide bonds. The van der Waals surface area contributed by atoms with Crippen molar-refractivity contribution in [3.8, 4) is 0 Å². The molecule has 2 aromatic heterocycles. The van der Waals surface area contributed by atoms with Gasteiger partial charge in [0.15, 0.2) is 0 Å². The quantitative estimate of drug-likeness (QED) is 0.123. The second-order valence-corrected chi connectivity index (χ2v) is 7.47. The maximum atomic E-state index is 12.9. The number of nitrogens with two attached hydrogens (primary N) is 1. The molecule has 0 aromatic carbocycles. The molecule has 0 saturated carbocycles. The van der Waals surface area contributed by atoms with Crippen molar-refractivity contribution < 1.29 is 39.3 Å². The Labute approximate surface area is 197 Å². The monoisotopic (exact) mass is 494 g/mol. The molecule has 190 valence electrons. The molecule has 16 nitrogen and oxygen atoms in total. The average Bonchev–Trinajstić information content (AvgIpc) is 3.50. The predicted octanol–water partition coefficient (Wildman–Crippen LogP) is -3.75. The summed E-state index contributed by atoms with van der Waals surface area (Å²) in [7, 11) is 0. The van der Waals surface area contributed by atoms with E-state index in [1.165, 1.54) is 25.0 Å². The molecule has 0 aliphatic heterocycles. The van der Waals surface area contributed by atoms with Gasteiger partial charge >= 0.3 is 11.9 Å². The molecule has 0 aliphatic rings. The molecular formula is C19H26N8O8. The standard InChI is InChI=1S/C19H26N8O8/c20-11(3-15(29)30)16(31)25-12(1-9-4-21-7-23-9)17(32)27-14(6-28)18(33)26-13(19(34)35)2-10-5-22-8-24-10/h4-5,7-8,11-14,28H,1-3,6,20H2,(H,21,23)(H,22,24)(H,25,31)(H,26,33)(H,27,32)(H,29,30)(H,34,35). The minimum absolute atomic E-state index is 0.130. The van der Waals surface area contributed by atoms with Gasteiger partial charge in [0.1, 0.15) is 18.1 Å². The fourth-order valence-corrected chi connectivity index (χ4v) is 2.94. The van der Waals surface area contributed by atoms with Crippen LogP contribution >= 0.6 is 0 Å². The summed E-state index contributed by atoms with van der Waals surface area (Å²) < 4.78 is 0. The Hall–Kier alpha value is -4.31. The molecule has 0 saturated heterocycles. The number of carbonyl (C=O) groups is 5. The zero-order valence-corrected chi connectivity index (χ0v) is 18.3. The van der Waals surface area contributed by atoms with Crippen LogP contribution in [0.15, 0.2) is 25.0 Å². The van der Waals surface area contributed by atoms with Crippen molar-refractivity contribution in [2.45, 2.75) is 43.4 Å². The number of aromatic nitrogens is 4. The molecule has 0 bridgehead atoms. The summed E-state index contributed by atoms with van der Waals surface area (Å²) >= 11 is 0. The third kappa shape index (κ3) is 8.52. The Morgan fingerprint density at radius 1 is 0.829 bits per heavy atom. The van der Waals surface area contributed by atoms with Crippen LogP contribution in [0.4, 0.5) is 0 Å². The van der Waals surface area contributed by atoms with E-state index in [1.807, 2.05) is 0 Å². The van der Waals surface area contributed by atoms with Gasteiger partial charge in [0, 0.05) is 36.6 Å². The number of rotatable bonds is 14. The third-order valence-electron chi connectivity index (χ3n) is 4.75. The van der Waals surface area contributed by atoms with Crippen LogP contribution < -0.4 is 21.7 Å². The summed E-state index contributed by atoms with van der Waals surface area (Å²) in [5.74, 6) is -5.50. The molecule has 0 spiro atoms. The Balaban J connectivity index is 2.09. The summed E-state index contributed by atoms with van der Waals surface area (Å²) in [5.41, 5.74) is 6.40. The van der Waals surface area contributed by atoms with Crippen LogP contribution in [-0.2, 0) is 36.8 Å². The van der Waals surface area contributed by atoms with E-state index in [9.17, 15) is 34.2 Å². The predicted molar refractivity (Wildman–Crippen MR) is 115 cm³/mol. The van der Waals surface area contributed by atoms with Crippen molar-refractivity contribution in [3.05, 3.63) is 36.4 Å². The first kappa shape index (κ1) is 26.9. The van der Waals surface area contributed by atoms with Crippen molar-refractivity contribution in [1.82, 2.24) is 35.9 Å². The minimum Gasteiger partial charge on any atom is -0.481 e. The van der Waals surface area contributed by atoms with Crippen LogP contribution in [0.25, 0.3) is 0 Å². The highest BCUT2D eigenvalue weighted by Crippen LogP contribution is 2.03. The van der Waals surface area contributed by atoms with Gasteiger partial charge in [0.25, 0.3) is 0 Å². The zero-order valence-electron chi connectivity index (χ0n) is 18.3. The van der Waals surface area contributed by atoms with Gasteiger partial charge < -0.3 is 47.0 Å². The summed E-state index contributed by atoms with van der Waals surface area (Å²) in [6.07, 6.45) is 4.49. The Kier molecular flexibility index (Phi) is 9.85. The average molecular weight is 494 g/mol. The SMILES string of the molecule is NC(CC(=O)O)C(=O)NC(Cc1cnc[nH]1)C(=O)NC(CO)C(=O)NC(Cc1cnc[nH]1)C(=O)O. The van der Waals surface area contributed by atoms with Crippen LogP contribution in [-0.4, -0.2) is 95.7 Å². The first-order valence-electron chi connectivity index (χ1n) is 10.3. The number of aliphatic carboxylic acids is 2. The first-order chi connectivity index (χ1) is 16.6. The summed E-state index contributed by atoms with van der Waals surface area (Å²) in [4.78, 5) is 73.1. The normalized spacial score (nSPS) is 14.2. The Morgan fingerprint density at radius 2 is 1.31 bits per heavy atom. The fraction of sp³-hybridized carbons (Fsp3) is 0.421. The van der Waals surface area contributed by atoms with Crippen molar-refractivity contribution in [1.29, 1.82) is 0 Å². The number of aliphatic hydroxyl groups excluding tert-OH is 1. The van der Waals surface area contributed by atoms with Crippen molar-refractivity contribution >= 4 is 29.7 Å². The second kappa shape index (κ2) is 12.8. The third-order valence-corrected chi connectivity index (χ3v) is 4.75. The number of imidazole rings is 2. The van der Waals surface area contributed by atoms with Gasteiger partial charge in [-0.25, -0.2) is 14.8 Å². The number of nitrogens with one attached hydrogen (secondary N) is 5. The number of carboxylic acids is 2. The van der Waals surface area contributed by atoms with Crippen LogP contribution in [0.2, 0.25) is 0 Å². The summed E-state index contributed by atoms with van der Waals surface area (Å²) in [6, 6.07) is -5.71. The van der Waals surface area contributed by atoms with Crippen molar-refractivity contribution in [2.75, 3.05) is 6.61 Å². The fourth-order valence-electron chi connectivity index (χ4n) is 2.94. The molecule has 2 rings (SSSR count). The highest BCUT2D eigenvalue weighted by atomic mass is 16.4. The molecule has 35 heavy (non-hydrogen) atoms. The lowest BCUT2D eigenvalue weighted by molar-refractivity contribution is -0.142. The van der Waals surface area contributed by atoms with E-state index in [-0.39, 0.29) is 12.8 Å². The number of carbonyl (C=O) groups excluding carboxylic acids is 3. The molecule has 0 radical (unpaired) electrons. The topological polar surface area (TPSA) is 266 Å². The largest absolute Gasteiger partial charge is 0.481 e. The van der Waals surface area contributed by atoms with Gasteiger partial charge in [-0.3, -0.25) is 19.2 Å².